The van der Waals surface area contributed by atoms with E-state index in [1.807, 2.05) is 0 Å². The quantitative estimate of drug-likeness (QED) is 0.879. The topological polar surface area (TPSA) is 94.9 Å². The molecule has 3 rings (SSSR count). The number of benzene rings is 2. The normalized spacial score (nSPS) is 16.9. The number of ketones is 1. The number of carbonyl (C=O) groups excluding carboxylic acids is 2. The Hall–Kier alpha value is -3.48. The number of hydrogen-bond acceptors (Lipinski definition) is 4. The van der Waals surface area contributed by atoms with Crippen molar-refractivity contribution in [1.29, 1.82) is 0 Å². The Morgan fingerprint density at radius 1 is 1.08 bits per heavy atom. The van der Waals surface area contributed by atoms with Crippen molar-refractivity contribution < 1.29 is 29.0 Å². The number of hydrogen-bond donors (Lipinski definition) is 2. The van der Waals surface area contributed by atoms with Crippen LogP contribution in [-0.4, -0.2) is 27.9 Å². The fraction of sp³-hybridized carbons (Fsp3) is 0.105. The van der Waals surface area contributed by atoms with Crippen LogP contribution in [0.1, 0.15) is 28.9 Å². The predicted molar refractivity (Wildman–Crippen MR) is 90.4 cm³/mol. The zero-order chi connectivity index (χ0) is 19.0. The van der Waals surface area contributed by atoms with Gasteiger partial charge in [0, 0.05) is 11.3 Å². The van der Waals surface area contributed by atoms with Crippen molar-refractivity contribution in [1.82, 2.24) is 0 Å². The van der Waals surface area contributed by atoms with Gasteiger partial charge in [-0.15, -0.1) is 0 Å². The van der Waals surface area contributed by atoms with Gasteiger partial charge in [-0.2, -0.15) is 0 Å². The summed E-state index contributed by atoms with van der Waals surface area (Å²) in [5, 5.41) is 19.2. The summed E-state index contributed by atoms with van der Waals surface area (Å²) in [4.78, 5) is 36.7. The number of carboxylic acids is 1. The van der Waals surface area contributed by atoms with Crippen molar-refractivity contribution in [2.75, 3.05) is 4.90 Å². The van der Waals surface area contributed by atoms with E-state index in [1.54, 1.807) is 6.07 Å². The van der Waals surface area contributed by atoms with Crippen LogP contribution in [0.25, 0.3) is 0 Å². The molecule has 1 heterocycles. The second-order valence-electron chi connectivity index (χ2n) is 5.77. The average molecular weight is 355 g/mol. The molecule has 1 atom stereocenters. The molecule has 0 radical (unpaired) electrons. The SMILES string of the molecule is CC(=O)C1=C(O)C(=O)N(c2ccc(C(=O)O)cc2)[C@H]1c1ccccc1F. The lowest BCUT2D eigenvalue weighted by Crippen LogP contribution is -2.31. The molecule has 0 aliphatic carbocycles. The van der Waals surface area contributed by atoms with E-state index >= 15 is 0 Å². The minimum absolute atomic E-state index is 0.00631. The fourth-order valence-corrected chi connectivity index (χ4v) is 2.99. The highest BCUT2D eigenvalue weighted by molar-refractivity contribution is 6.16. The van der Waals surface area contributed by atoms with E-state index in [9.17, 15) is 23.9 Å². The number of Topliss-reactive ketones (excluding diaryl/α,β-unsaturated/α-hetero) is 1. The first-order valence-corrected chi connectivity index (χ1v) is 7.68. The molecule has 0 fully saturated rings. The van der Waals surface area contributed by atoms with Gasteiger partial charge in [0.1, 0.15) is 5.82 Å². The summed E-state index contributed by atoms with van der Waals surface area (Å²) in [6.45, 7) is 1.18. The lowest BCUT2D eigenvalue weighted by atomic mass is 9.96. The summed E-state index contributed by atoms with van der Waals surface area (Å²) in [6, 6.07) is 9.80. The third-order valence-corrected chi connectivity index (χ3v) is 4.18. The molecular weight excluding hydrogens is 341 g/mol. The zero-order valence-electron chi connectivity index (χ0n) is 13.6. The molecule has 0 spiro atoms. The molecule has 6 nitrogen and oxygen atoms in total. The van der Waals surface area contributed by atoms with E-state index in [0.29, 0.717) is 0 Å². The number of carboxylic acid groups (broad SMARTS) is 1. The molecule has 1 aliphatic rings. The Morgan fingerprint density at radius 2 is 1.69 bits per heavy atom. The van der Waals surface area contributed by atoms with Gasteiger partial charge in [-0.05, 0) is 37.3 Å². The van der Waals surface area contributed by atoms with E-state index < -0.39 is 35.3 Å². The van der Waals surface area contributed by atoms with Crippen molar-refractivity contribution in [2.24, 2.45) is 0 Å². The van der Waals surface area contributed by atoms with Crippen LogP contribution in [0.5, 0.6) is 0 Å². The third-order valence-electron chi connectivity index (χ3n) is 4.18. The number of rotatable bonds is 4. The van der Waals surface area contributed by atoms with Crippen LogP contribution >= 0.6 is 0 Å². The number of amides is 1. The van der Waals surface area contributed by atoms with Gasteiger partial charge in [-0.1, -0.05) is 18.2 Å². The molecule has 0 aromatic heterocycles. The molecule has 2 N–H and O–H groups in total. The van der Waals surface area contributed by atoms with E-state index in [2.05, 4.69) is 0 Å². The van der Waals surface area contributed by atoms with Crippen LogP contribution in [0, 0.1) is 5.82 Å². The van der Waals surface area contributed by atoms with Crippen molar-refractivity contribution in [2.45, 2.75) is 13.0 Å². The maximum atomic E-state index is 14.4. The second-order valence-corrected chi connectivity index (χ2v) is 5.77. The fourth-order valence-electron chi connectivity index (χ4n) is 2.99. The first-order valence-electron chi connectivity index (χ1n) is 7.68. The van der Waals surface area contributed by atoms with Gasteiger partial charge >= 0.3 is 5.97 Å². The molecule has 0 bridgehead atoms. The van der Waals surface area contributed by atoms with E-state index in [-0.39, 0.29) is 22.4 Å². The van der Waals surface area contributed by atoms with E-state index in [4.69, 9.17) is 5.11 Å². The largest absolute Gasteiger partial charge is 0.503 e. The maximum absolute atomic E-state index is 14.4. The molecule has 0 saturated heterocycles. The molecule has 7 heteroatoms. The van der Waals surface area contributed by atoms with E-state index in [0.717, 1.165) is 4.90 Å². The molecule has 0 unspecified atom stereocenters. The molecular formula is C19H14FNO5. The van der Waals surface area contributed by atoms with Gasteiger partial charge in [0.15, 0.2) is 11.5 Å². The summed E-state index contributed by atoms with van der Waals surface area (Å²) in [5.41, 5.74) is 0.0858. The van der Waals surface area contributed by atoms with Crippen molar-refractivity contribution in [3.63, 3.8) is 0 Å². The van der Waals surface area contributed by atoms with Gasteiger partial charge in [0.05, 0.1) is 17.2 Å². The Labute approximate surface area is 147 Å². The van der Waals surface area contributed by atoms with E-state index in [1.165, 1.54) is 49.4 Å². The minimum atomic E-state index is -1.14. The smallest absolute Gasteiger partial charge is 0.335 e. The van der Waals surface area contributed by atoms with Crippen molar-refractivity contribution in [3.05, 3.63) is 76.8 Å². The van der Waals surface area contributed by atoms with Gasteiger partial charge in [-0.25, -0.2) is 9.18 Å². The number of halogens is 1. The number of aliphatic hydroxyl groups is 1. The van der Waals surface area contributed by atoms with Crippen LogP contribution in [0.2, 0.25) is 0 Å². The Kier molecular flexibility index (Phi) is 4.29. The highest BCUT2D eigenvalue weighted by Crippen LogP contribution is 2.41. The summed E-state index contributed by atoms with van der Waals surface area (Å²) < 4.78 is 14.4. The highest BCUT2D eigenvalue weighted by Gasteiger charge is 2.44. The van der Waals surface area contributed by atoms with Crippen LogP contribution < -0.4 is 4.90 Å². The van der Waals surface area contributed by atoms with Gasteiger partial charge in [0.25, 0.3) is 5.91 Å². The van der Waals surface area contributed by atoms with Gasteiger partial charge in [0.2, 0.25) is 0 Å². The predicted octanol–water partition coefficient (Wildman–Crippen LogP) is 3.01. The molecule has 1 amide bonds. The summed E-state index contributed by atoms with van der Waals surface area (Å²) in [6.07, 6.45) is 0. The number of nitrogens with zero attached hydrogens (tertiary/aromatic N) is 1. The van der Waals surface area contributed by atoms with Crippen molar-refractivity contribution >= 4 is 23.3 Å². The minimum Gasteiger partial charge on any atom is -0.503 e. The average Bonchev–Trinajstić information content (AvgIpc) is 2.87. The summed E-state index contributed by atoms with van der Waals surface area (Å²) >= 11 is 0. The molecule has 1 aliphatic heterocycles. The third kappa shape index (κ3) is 2.73. The highest BCUT2D eigenvalue weighted by atomic mass is 19.1. The standard InChI is InChI=1S/C19H14FNO5/c1-10(22)15-16(13-4-2-3-5-14(13)20)21(18(24)17(15)23)12-8-6-11(7-9-12)19(25)26/h2-9,16,23H,1H3,(H,25,26)/t16-/m0/s1. The molecule has 132 valence electrons. The first-order chi connectivity index (χ1) is 12.3. The molecule has 0 saturated carbocycles. The number of carbonyl (C=O) groups is 3. The Balaban J connectivity index is 2.17. The lowest BCUT2D eigenvalue weighted by molar-refractivity contribution is -0.117. The summed E-state index contributed by atoms with van der Waals surface area (Å²) in [7, 11) is 0. The number of aliphatic hydroxyl groups excluding tert-OH is 1. The zero-order valence-corrected chi connectivity index (χ0v) is 13.6. The van der Waals surface area contributed by atoms with Crippen molar-refractivity contribution in [3.8, 4) is 0 Å². The van der Waals surface area contributed by atoms with Crippen LogP contribution in [0.3, 0.4) is 0 Å². The monoisotopic (exact) mass is 355 g/mol. The van der Waals surface area contributed by atoms with Crippen LogP contribution in [0.4, 0.5) is 10.1 Å². The second kappa shape index (κ2) is 6.44. The lowest BCUT2D eigenvalue weighted by Gasteiger charge is -2.27. The van der Waals surface area contributed by atoms with Crippen LogP contribution in [0.15, 0.2) is 59.9 Å². The van der Waals surface area contributed by atoms with Gasteiger partial charge < -0.3 is 10.2 Å². The maximum Gasteiger partial charge on any atom is 0.335 e. The first kappa shape index (κ1) is 17.3. The summed E-state index contributed by atoms with van der Waals surface area (Å²) in [5.74, 6) is -3.93. The van der Waals surface area contributed by atoms with Crippen LogP contribution in [-0.2, 0) is 9.59 Å². The molecule has 26 heavy (non-hydrogen) atoms. The Bertz CT molecular complexity index is 949. The molecule has 2 aromatic rings. The number of aromatic carboxylic acids is 1. The Morgan fingerprint density at radius 3 is 2.23 bits per heavy atom. The van der Waals surface area contributed by atoms with Gasteiger partial charge in [-0.3, -0.25) is 14.5 Å². The number of anilines is 1. The molecule has 2 aromatic carbocycles.